The van der Waals surface area contributed by atoms with E-state index in [9.17, 15) is 14.4 Å². The number of aliphatic hydroxyl groups excluding tert-OH is 2. The Kier molecular flexibility index (Phi) is 4.11. The van der Waals surface area contributed by atoms with Gasteiger partial charge in [0.25, 0.3) is 5.56 Å². The van der Waals surface area contributed by atoms with Gasteiger partial charge < -0.3 is 14.9 Å². The molecule has 4 atom stereocenters. The summed E-state index contributed by atoms with van der Waals surface area (Å²) in [6, 6.07) is 0. The Balaban J connectivity index is 2.44. The zero-order valence-electron chi connectivity index (χ0n) is 9.95. The Morgan fingerprint density at radius 1 is 1.68 bits per heavy atom. The number of hydrogen-bond donors (Lipinski definition) is 3. The molecule has 1 fully saturated rings. The number of hydrogen-bond acceptors (Lipinski definition) is 6. The molecule has 1 aromatic heterocycles. The Morgan fingerprint density at radius 2 is 2.37 bits per heavy atom. The maximum atomic E-state index is 12.6. The molecule has 1 aromatic rings. The molecule has 0 bridgehead atoms. The van der Waals surface area contributed by atoms with Crippen molar-refractivity contribution in [2.75, 3.05) is 6.61 Å². The zero-order chi connectivity index (χ0) is 14.2. The minimum atomic E-state index is -1.34. The Hall–Kier alpha value is -1.13. The predicted octanol–water partition coefficient (Wildman–Crippen LogP) is -0.265. The third-order valence-electron chi connectivity index (χ3n) is 3.02. The molecule has 2 heterocycles. The Morgan fingerprint density at radius 3 is 2.95 bits per heavy atom. The SMILES string of the molecule is Cc1cn([C@H]2O[C@@H](CO)C(O)C2OF)c(=S)[nH]c1=O. The van der Waals surface area contributed by atoms with E-state index in [4.69, 9.17) is 22.1 Å². The van der Waals surface area contributed by atoms with Crippen molar-refractivity contribution in [3.05, 3.63) is 26.9 Å². The maximum Gasteiger partial charge on any atom is 0.254 e. The lowest BCUT2D eigenvalue weighted by atomic mass is 10.1. The van der Waals surface area contributed by atoms with E-state index in [1.54, 1.807) is 6.92 Å². The van der Waals surface area contributed by atoms with Crippen molar-refractivity contribution in [2.24, 2.45) is 0 Å². The van der Waals surface area contributed by atoms with Crippen LogP contribution in [0.25, 0.3) is 0 Å². The summed E-state index contributed by atoms with van der Waals surface area (Å²) in [7, 11) is 0. The number of ether oxygens (including phenoxy) is 1. The lowest BCUT2D eigenvalue weighted by Gasteiger charge is -2.19. The zero-order valence-corrected chi connectivity index (χ0v) is 10.8. The molecule has 9 heteroatoms. The molecule has 19 heavy (non-hydrogen) atoms. The number of nitrogens with zero attached hydrogens (tertiary/aromatic N) is 1. The Bertz CT molecular complexity index is 574. The number of aromatic amines is 1. The van der Waals surface area contributed by atoms with Crippen LogP contribution in [0.2, 0.25) is 0 Å². The number of aliphatic hydroxyl groups is 2. The van der Waals surface area contributed by atoms with Crippen LogP contribution in [0.1, 0.15) is 11.8 Å². The number of halogens is 1. The highest BCUT2D eigenvalue weighted by Gasteiger charge is 2.46. The predicted molar refractivity (Wildman–Crippen MR) is 63.6 cm³/mol. The van der Waals surface area contributed by atoms with Gasteiger partial charge in [0.15, 0.2) is 17.1 Å². The van der Waals surface area contributed by atoms with Gasteiger partial charge in [-0.3, -0.25) is 14.3 Å². The number of aryl methyl sites for hydroxylation is 1. The van der Waals surface area contributed by atoms with Crippen molar-refractivity contribution in [1.29, 1.82) is 0 Å². The summed E-state index contributed by atoms with van der Waals surface area (Å²) < 4.78 is 19.1. The monoisotopic (exact) mass is 292 g/mol. The molecular weight excluding hydrogens is 279 g/mol. The molecule has 0 radical (unpaired) electrons. The first-order chi connectivity index (χ1) is 8.99. The number of rotatable bonds is 3. The molecule has 0 spiro atoms. The van der Waals surface area contributed by atoms with E-state index in [0.29, 0.717) is 5.56 Å². The highest BCUT2D eigenvalue weighted by Crippen LogP contribution is 2.31. The lowest BCUT2D eigenvalue weighted by molar-refractivity contribution is -0.221. The van der Waals surface area contributed by atoms with Gasteiger partial charge in [-0.05, 0) is 23.7 Å². The summed E-state index contributed by atoms with van der Waals surface area (Å²) in [5.74, 6) is 0. The van der Waals surface area contributed by atoms with E-state index in [0.717, 1.165) is 0 Å². The second-order valence-electron chi connectivity index (χ2n) is 4.27. The summed E-state index contributed by atoms with van der Waals surface area (Å²) in [6.45, 7) is 1.05. The molecule has 1 saturated heterocycles. The molecular formula is C10H13FN2O5S. The van der Waals surface area contributed by atoms with Crippen LogP contribution in [0.5, 0.6) is 0 Å². The number of H-pyrrole nitrogens is 1. The van der Waals surface area contributed by atoms with Crippen LogP contribution in [0.3, 0.4) is 0 Å². The smallest absolute Gasteiger partial charge is 0.254 e. The van der Waals surface area contributed by atoms with Crippen LogP contribution >= 0.6 is 12.2 Å². The van der Waals surface area contributed by atoms with Crippen molar-refractivity contribution < 1.29 is 24.4 Å². The normalized spacial score (nSPS) is 30.7. The maximum absolute atomic E-state index is 12.6. The summed E-state index contributed by atoms with van der Waals surface area (Å²) in [6.07, 6.45) is -3.35. The van der Waals surface area contributed by atoms with Crippen molar-refractivity contribution >= 4 is 12.2 Å². The summed E-state index contributed by atoms with van der Waals surface area (Å²) in [4.78, 5) is 17.5. The molecule has 1 aliphatic heterocycles. The van der Waals surface area contributed by atoms with E-state index < -0.39 is 31.1 Å². The van der Waals surface area contributed by atoms with E-state index >= 15 is 0 Å². The third kappa shape index (κ3) is 2.47. The Labute approximate surface area is 112 Å². The van der Waals surface area contributed by atoms with Crippen molar-refractivity contribution in [1.82, 2.24) is 9.55 Å². The number of aromatic nitrogens is 2. The molecule has 7 nitrogen and oxygen atoms in total. The summed E-state index contributed by atoms with van der Waals surface area (Å²) >= 11 is 4.96. The van der Waals surface area contributed by atoms with Crippen molar-refractivity contribution in [3.63, 3.8) is 0 Å². The molecule has 0 saturated carbocycles. The number of nitrogens with one attached hydrogen (secondary N) is 1. The van der Waals surface area contributed by atoms with Gasteiger partial charge in [-0.25, -0.2) is 0 Å². The fraction of sp³-hybridized carbons (Fsp3) is 0.600. The van der Waals surface area contributed by atoms with E-state index in [1.807, 2.05) is 0 Å². The van der Waals surface area contributed by atoms with Gasteiger partial charge >= 0.3 is 0 Å². The van der Waals surface area contributed by atoms with Crippen LogP contribution in [0, 0.1) is 11.7 Å². The second-order valence-corrected chi connectivity index (χ2v) is 4.66. The van der Waals surface area contributed by atoms with Crippen LogP contribution in [0.4, 0.5) is 4.53 Å². The van der Waals surface area contributed by atoms with Gasteiger partial charge in [0.05, 0.1) is 6.61 Å². The van der Waals surface area contributed by atoms with E-state index in [-0.39, 0.29) is 10.3 Å². The van der Waals surface area contributed by atoms with E-state index in [1.165, 1.54) is 10.8 Å². The van der Waals surface area contributed by atoms with Crippen LogP contribution < -0.4 is 5.56 Å². The van der Waals surface area contributed by atoms with Gasteiger partial charge in [-0.2, -0.15) is 4.94 Å². The molecule has 2 unspecified atom stereocenters. The van der Waals surface area contributed by atoms with Gasteiger partial charge in [0.1, 0.15) is 12.2 Å². The molecule has 3 N–H and O–H groups in total. The lowest BCUT2D eigenvalue weighted by Crippen LogP contribution is -2.34. The average Bonchev–Trinajstić information content (AvgIpc) is 2.70. The fourth-order valence-corrected chi connectivity index (χ4v) is 2.21. The minimum absolute atomic E-state index is 0.00781. The van der Waals surface area contributed by atoms with Gasteiger partial charge in [0.2, 0.25) is 0 Å². The standard InChI is InChI=1S/C10H13FN2O5S/c1-4-2-13(10(19)12-8(4)16)9-7(18-11)6(15)5(3-14)17-9/h2,5-7,9,14-15H,3H2,1H3,(H,12,16,19)/t5-,6?,7?,9-/m0/s1. The van der Waals surface area contributed by atoms with Crippen molar-refractivity contribution in [3.8, 4) is 0 Å². The van der Waals surface area contributed by atoms with E-state index in [2.05, 4.69) is 9.93 Å². The first kappa shape index (κ1) is 14.3. The summed E-state index contributed by atoms with van der Waals surface area (Å²) in [5.41, 5.74) is -0.0204. The first-order valence-electron chi connectivity index (χ1n) is 5.53. The van der Waals surface area contributed by atoms with Crippen molar-refractivity contribution in [2.45, 2.75) is 31.5 Å². The molecule has 1 aliphatic rings. The fourth-order valence-electron chi connectivity index (χ4n) is 1.96. The summed E-state index contributed by atoms with van der Waals surface area (Å²) in [5, 5.41) is 18.8. The minimum Gasteiger partial charge on any atom is -0.394 e. The quantitative estimate of drug-likeness (QED) is 0.664. The highest BCUT2D eigenvalue weighted by atomic mass is 32.1. The third-order valence-corrected chi connectivity index (χ3v) is 3.33. The molecule has 0 aromatic carbocycles. The highest BCUT2D eigenvalue weighted by molar-refractivity contribution is 7.71. The molecule has 106 valence electrons. The molecule has 2 rings (SSSR count). The van der Waals surface area contributed by atoms with Crippen LogP contribution in [-0.4, -0.2) is 44.7 Å². The largest absolute Gasteiger partial charge is 0.394 e. The van der Waals surface area contributed by atoms with Crippen LogP contribution in [0.15, 0.2) is 11.0 Å². The average molecular weight is 292 g/mol. The van der Waals surface area contributed by atoms with Gasteiger partial charge in [-0.1, -0.05) is 0 Å². The molecule has 0 aliphatic carbocycles. The van der Waals surface area contributed by atoms with Gasteiger partial charge in [0, 0.05) is 11.8 Å². The van der Waals surface area contributed by atoms with Crippen LogP contribution in [-0.2, 0) is 9.68 Å². The first-order valence-corrected chi connectivity index (χ1v) is 5.94. The topological polar surface area (TPSA) is 96.7 Å². The molecule has 0 amide bonds. The second kappa shape index (κ2) is 5.47. The van der Waals surface area contributed by atoms with Gasteiger partial charge in [-0.15, -0.1) is 0 Å².